The van der Waals surface area contributed by atoms with E-state index in [-0.39, 0.29) is 37.3 Å². The van der Waals surface area contributed by atoms with Gasteiger partial charge in [-0.05, 0) is 79.9 Å². The number of amides is 4. The minimum atomic E-state index is -1.11. The van der Waals surface area contributed by atoms with Gasteiger partial charge < -0.3 is 24.4 Å². The van der Waals surface area contributed by atoms with Crippen molar-refractivity contribution in [3.05, 3.63) is 60.1 Å². The highest BCUT2D eigenvalue weighted by Gasteiger charge is 2.40. The fraction of sp³-hybridized carbons (Fsp3) is 0.512. The van der Waals surface area contributed by atoms with Crippen molar-refractivity contribution in [3.63, 3.8) is 0 Å². The van der Waals surface area contributed by atoms with Crippen molar-refractivity contribution in [2.24, 2.45) is 17.3 Å². The van der Waals surface area contributed by atoms with E-state index in [0.29, 0.717) is 56.1 Å². The molecule has 1 aromatic carbocycles. The van der Waals surface area contributed by atoms with Gasteiger partial charge in [0.15, 0.2) is 5.82 Å². The van der Waals surface area contributed by atoms with Gasteiger partial charge in [-0.15, -0.1) is 0 Å². The van der Waals surface area contributed by atoms with E-state index in [1.807, 2.05) is 32.3 Å². The predicted octanol–water partition coefficient (Wildman–Crippen LogP) is 3.80. The van der Waals surface area contributed by atoms with Crippen LogP contribution in [0.15, 0.2) is 49.6 Å². The number of carbonyl (C=O) groups is 5. The van der Waals surface area contributed by atoms with E-state index in [1.54, 1.807) is 11.9 Å². The number of likely N-dealkylation sites (N-methyl/N-ethyl adjacent to an activating group) is 1. The van der Waals surface area contributed by atoms with Gasteiger partial charge in [0, 0.05) is 79.5 Å². The van der Waals surface area contributed by atoms with Gasteiger partial charge in [0.25, 0.3) is 5.91 Å². The summed E-state index contributed by atoms with van der Waals surface area (Å²) in [4.78, 5) is 85.1. The summed E-state index contributed by atoms with van der Waals surface area (Å²) in [5.41, 5.74) is 7.34. The molecule has 4 atom stereocenters. The van der Waals surface area contributed by atoms with Gasteiger partial charge in [-0.1, -0.05) is 34.3 Å². The summed E-state index contributed by atoms with van der Waals surface area (Å²) in [6.45, 7) is 15.3. The fourth-order valence-corrected chi connectivity index (χ4v) is 9.46. The number of cyclic esters (lactones) is 1. The number of carbonyl (C=O) groups excluding carboxylic acids is 5. The van der Waals surface area contributed by atoms with Crippen LogP contribution in [0, 0.1) is 17.3 Å². The van der Waals surface area contributed by atoms with Crippen molar-refractivity contribution >= 4 is 52.0 Å². The number of nitrogens with one attached hydrogen (secondary N) is 2. The molecule has 0 unspecified atom stereocenters. The van der Waals surface area contributed by atoms with E-state index >= 15 is 0 Å². The third-order valence-corrected chi connectivity index (χ3v) is 12.5. The molecule has 0 radical (unpaired) electrons. The van der Waals surface area contributed by atoms with Crippen LogP contribution in [-0.2, 0) is 48.1 Å². The zero-order valence-corrected chi connectivity index (χ0v) is 36.0. The molecule has 60 heavy (non-hydrogen) atoms. The molecule has 4 amide bonds. The number of esters is 1. The highest BCUT2D eigenvalue weighted by molar-refractivity contribution is 7.05. The Balaban J connectivity index is 1.24. The van der Waals surface area contributed by atoms with Crippen LogP contribution >= 0.6 is 11.5 Å². The number of hydrazine groups is 1. The molecule has 16 nitrogen and oxygen atoms in total. The van der Waals surface area contributed by atoms with Gasteiger partial charge in [-0.3, -0.25) is 29.0 Å². The van der Waals surface area contributed by atoms with E-state index in [1.165, 1.54) is 22.3 Å². The Morgan fingerprint density at radius 1 is 1.13 bits per heavy atom. The largest absolute Gasteiger partial charge is 0.464 e. The Labute approximate surface area is 353 Å². The monoisotopic (exact) mass is 838 g/mol. The summed E-state index contributed by atoms with van der Waals surface area (Å²) in [7, 11) is 1.59. The average molecular weight is 839 g/mol. The summed E-state index contributed by atoms with van der Waals surface area (Å²) in [5.74, 6) is -2.21. The molecule has 17 heteroatoms. The Hall–Kier alpha value is -5.55. The summed E-state index contributed by atoms with van der Waals surface area (Å²) in [6, 6.07) is 3.32. The number of nitrogens with zero attached hydrogens (tertiary/aromatic N) is 8. The first kappa shape index (κ1) is 42.6. The molecule has 6 heterocycles. The molecular formula is C43H54N10O6S. The van der Waals surface area contributed by atoms with Crippen molar-refractivity contribution < 1.29 is 28.7 Å². The van der Waals surface area contributed by atoms with Crippen LogP contribution in [0.1, 0.15) is 64.5 Å². The van der Waals surface area contributed by atoms with Gasteiger partial charge >= 0.3 is 5.97 Å². The number of hydrogen-bond donors (Lipinski definition) is 2. The lowest BCUT2D eigenvalue weighted by molar-refractivity contribution is -0.155. The van der Waals surface area contributed by atoms with E-state index in [4.69, 9.17) is 14.1 Å². The predicted molar refractivity (Wildman–Crippen MR) is 226 cm³/mol. The summed E-state index contributed by atoms with van der Waals surface area (Å²) >= 11 is 1.15. The average Bonchev–Trinajstić information content (AvgIpc) is 4.00. The van der Waals surface area contributed by atoms with E-state index in [0.717, 1.165) is 44.8 Å². The minimum Gasteiger partial charge on any atom is -0.464 e. The molecule has 0 spiro atoms. The highest BCUT2D eigenvalue weighted by Crippen LogP contribution is 2.39. The lowest BCUT2D eigenvalue weighted by Crippen LogP contribution is -2.62. The van der Waals surface area contributed by atoms with E-state index in [9.17, 15) is 24.0 Å². The number of benzene rings is 1. The number of ether oxygens (including phenoxy) is 1. The molecule has 2 saturated heterocycles. The molecule has 3 aromatic heterocycles. The molecule has 7 rings (SSSR count). The van der Waals surface area contributed by atoms with Crippen LogP contribution in [0.25, 0.3) is 33.5 Å². The standard InChI is InChI=1S/C43H54N10O6S/c1-8-35(54)51-16-14-27(22-51)40(56)50(7)36(25(3)4)39(55)46-32-18-34-47-38(49-60-34)26-12-13-33-29(17-26)30(37(52(33)9-2)28-20-44-24-45-21-28)19-43(5,6)23-59-42(58)31-11-10-15-53(48-31)41(32)57/h8,12-13,17,20-21,24-25,27,31-32,36,48H,1,9-11,14-16,18-19,22-23H2,2-7H3,(H,46,55)/t27-,31-,32-,36-/m0/s1. The van der Waals surface area contributed by atoms with Crippen LogP contribution in [0.4, 0.5) is 0 Å². The van der Waals surface area contributed by atoms with Crippen LogP contribution < -0.4 is 10.7 Å². The highest BCUT2D eigenvalue weighted by atomic mass is 32.1. The van der Waals surface area contributed by atoms with Crippen molar-refractivity contribution in [1.29, 1.82) is 0 Å². The first-order chi connectivity index (χ1) is 28.7. The zero-order valence-electron chi connectivity index (χ0n) is 35.1. The van der Waals surface area contributed by atoms with E-state index in [2.05, 4.69) is 64.8 Å². The number of hydrogen-bond acceptors (Lipinski definition) is 12. The van der Waals surface area contributed by atoms with E-state index < -0.39 is 47.2 Å². The SMILES string of the molecule is C=CC(=O)N1CC[C@H](C(=O)N(C)[C@H](C(=O)N[C@H]2Cc3nc(ns3)-c3ccc4c(c3)c(c(-c3cncnc3)n4CC)CC(C)(C)COC(=O)[C@@H]3CCCN(N3)C2=O)C(C)C)C1. The van der Waals surface area contributed by atoms with Crippen molar-refractivity contribution in [2.45, 2.75) is 91.4 Å². The summed E-state index contributed by atoms with van der Waals surface area (Å²) in [5, 5.41) is 5.90. The summed E-state index contributed by atoms with van der Waals surface area (Å²) in [6.07, 6.45) is 8.42. The smallest absolute Gasteiger partial charge is 0.324 e. The van der Waals surface area contributed by atoms with Crippen molar-refractivity contribution in [1.82, 2.24) is 49.4 Å². The van der Waals surface area contributed by atoms with Gasteiger partial charge in [0.2, 0.25) is 17.7 Å². The molecule has 318 valence electrons. The molecule has 0 saturated carbocycles. The third-order valence-electron chi connectivity index (χ3n) is 11.7. The minimum absolute atomic E-state index is 0.0192. The van der Waals surface area contributed by atoms with Gasteiger partial charge in [0.05, 0.1) is 18.2 Å². The number of rotatable bonds is 8. The Morgan fingerprint density at radius 3 is 2.62 bits per heavy atom. The quantitative estimate of drug-likeness (QED) is 0.194. The van der Waals surface area contributed by atoms with Crippen LogP contribution in [0.5, 0.6) is 0 Å². The van der Waals surface area contributed by atoms with Crippen LogP contribution in [-0.4, -0.2) is 120 Å². The summed E-state index contributed by atoms with van der Waals surface area (Å²) < 4.78 is 13.0. The molecular weight excluding hydrogens is 785 g/mol. The zero-order chi connectivity index (χ0) is 42.9. The topological polar surface area (TPSA) is 185 Å². The molecule has 2 N–H and O–H groups in total. The maximum Gasteiger partial charge on any atom is 0.324 e. The van der Waals surface area contributed by atoms with Crippen molar-refractivity contribution in [3.8, 4) is 22.6 Å². The maximum absolute atomic E-state index is 14.5. The number of aromatic nitrogens is 5. The molecule has 2 fully saturated rings. The Bertz CT molecular complexity index is 2290. The Kier molecular flexibility index (Phi) is 12.5. The molecule has 3 aliphatic heterocycles. The lowest BCUT2D eigenvalue weighted by Gasteiger charge is -2.36. The maximum atomic E-state index is 14.5. The molecule has 3 aliphatic rings. The number of likely N-dealkylation sites (tertiary alicyclic amines) is 1. The normalized spacial score (nSPS) is 21.4. The van der Waals surface area contributed by atoms with Crippen LogP contribution in [0.2, 0.25) is 0 Å². The molecule has 6 bridgehead atoms. The Morgan fingerprint density at radius 2 is 1.90 bits per heavy atom. The first-order valence-corrected chi connectivity index (χ1v) is 21.4. The van der Waals surface area contributed by atoms with Gasteiger partial charge in [-0.25, -0.2) is 20.4 Å². The second kappa shape index (κ2) is 17.6. The molecule has 4 aromatic rings. The van der Waals surface area contributed by atoms with Crippen molar-refractivity contribution in [2.75, 3.05) is 33.3 Å². The number of fused-ring (bicyclic) bond motifs is 6. The second-order valence-corrected chi connectivity index (χ2v) is 17.9. The number of aryl methyl sites for hydroxylation is 1. The fourth-order valence-electron chi connectivity index (χ4n) is 8.75. The van der Waals surface area contributed by atoms with Gasteiger partial charge in [0.1, 0.15) is 29.5 Å². The van der Waals surface area contributed by atoms with Gasteiger partial charge in [-0.2, -0.15) is 4.37 Å². The second-order valence-electron chi connectivity index (χ2n) is 17.1. The molecule has 0 aliphatic carbocycles. The first-order valence-electron chi connectivity index (χ1n) is 20.7. The lowest BCUT2D eigenvalue weighted by atomic mass is 9.84. The third kappa shape index (κ3) is 8.68. The van der Waals surface area contributed by atoms with Crippen LogP contribution in [0.3, 0.4) is 0 Å².